The third kappa shape index (κ3) is 7.95. The van der Waals surface area contributed by atoms with Crippen molar-refractivity contribution in [2.45, 2.75) is 36.8 Å². The van der Waals surface area contributed by atoms with Crippen LogP contribution in [0.1, 0.15) is 24.8 Å². The molecule has 0 aromatic heterocycles. The van der Waals surface area contributed by atoms with Crippen LogP contribution in [0.5, 0.6) is 0 Å². The van der Waals surface area contributed by atoms with Gasteiger partial charge in [-0.1, -0.05) is 73.3 Å². The van der Waals surface area contributed by atoms with Gasteiger partial charge in [-0.2, -0.15) is 4.31 Å². The summed E-state index contributed by atoms with van der Waals surface area (Å²) in [6, 6.07) is 20.9. The number of carbonyl (C=O) groups is 3. The van der Waals surface area contributed by atoms with Crippen LogP contribution in [0.3, 0.4) is 0 Å². The fourth-order valence-corrected chi connectivity index (χ4v) is 6.49. The minimum Gasteiger partial charge on any atom is -0.445 e. The zero-order chi connectivity index (χ0) is 30.0. The summed E-state index contributed by atoms with van der Waals surface area (Å²) in [7, 11) is -3.78. The van der Waals surface area contributed by atoms with Gasteiger partial charge in [-0.05, 0) is 42.4 Å². The van der Waals surface area contributed by atoms with E-state index in [1.165, 1.54) is 10.4 Å². The highest BCUT2D eigenvalue weighted by molar-refractivity contribution is 7.89. The summed E-state index contributed by atoms with van der Waals surface area (Å²) >= 11 is 0. The summed E-state index contributed by atoms with van der Waals surface area (Å²) in [6.07, 6.45) is 1.96. The van der Waals surface area contributed by atoms with Crippen LogP contribution in [-0.2, 0) is 31.0 Å². The van der Waals surface area contributed by atoms with Crippen LogP contribution in [0.2, 0.25) is 0 Å². The average Bonchev–Trinajstić information content (AvgIpc) is 3.02. The summed E-state index contributed by atoms with van der Waals surface area (Å²) in [6.45, 7) is 4.54. The van der Waals surface area contributed by atoms with Crippen LogP contribution in [0.15, 0.2) is 90.3 Å². The average molecular weight is 593 g/mol. The SMILES string of the molecule is C=CC(=O)NCCCCC(NC(=O)OCc1ccccc1)C(=O)N1CCN(S(=O)(=O)c2cccc3ccccc23)CC1. The number of hydrogen-bond donors (Lipinski definition) is 2. The molecule has 3 aromatic rings. The number of benzene rings is 3. The van der Waals surface area contributed by atoms with Crippen LogP contribution in [0, 0.1) is 0 Å². The molecule has 42 heavy (non-hydrogen) atoms. The van der Waals surface area contributed by atoms with Crippen LogP contribution in [0.4, 0.5) is 4.79 Å². The molecular formula is C31H36N4O6S. The third-order valence-corrected chi connectivity index (χ3v) is 9.08. The van der Waals surface area contributed by atoms with E-state index in [2.05, 4.69) is 17.2 Å². The van der Waals surface area contributed by atoms with Crippen LogP contribution in [-0.4, -0.2) is 74.3 Å². The molecule has 2 N–H and O–H groups in total. The maximum Gasteiger partial charge on any atom is 0.408 e. The Morgan fingerprint density at radius 3 is 2.33 bits per heavy atom. The minimum atomic E-state index is -3.78. The number of piperazine rings is 1. The molecule has 0 aliphatic carbocycles. The van der Waals surface area contributed by atoms with Crippen LogP contribution in [0.25, 0.3) is 10.8 Å². The lowest BCUT2D eigenvalue weighted by Crippen LogP contribution is -2.55. The largest absolute Gasteiger partial charge is 0.445 e. The van der Waals surface area contributed by atoms with Gasteiger partial charge < -0.3 is 20.3 Å². The normalized spacial score (nSPS) is 14.6. The Hall–Kier alpha value is -4.22. The number of unbranched alkanes of at least 4 members (excludes halogenated alkanes) is 1. The van der Waals surface area contributed by atoms with Crippen molar-refractivity contribution in [2.24, 2.45) is 0 Å². The van der Waals surface area contributed by atoms with Crippen molar-refractivity contribution in [1.29, 1.82) is 0 Å². The highest BCUT2D eigenvalue weighted by Crippen LogP contribution is 2.26. The number of sulfonamides is 1. The lowest BCUT2D eigenvalue weighted by Gasteiger charge is -2.36. The lowest BCUT2D eigenvalue weighted by molar-refractivity contribution is -0.134. The number of rotatable bonds is 12. The highest BCUT2D eigenvalue weighted by atomic mass is 32.2. The first kappa shape index (κ1) is 30.7. The lowest BCUT2D eigenvalue weighted by atomic mass is 10.1. The molecule has 0 spiro atoms. The molecule has 1 saturated heterocycles. The zero-order valence-corrected chi connectivity index (χ0v) is 24.2. The van der Waals surface area contributed by atoms with Crippen molar-refractivity contribution in [1.82, 2.24) is 19.8 Å². The summed E-state index contributed by atoms with van der Waals surface area (Å²) in [5.74, 6) is -0.578. The third-order valence-electron chi connectivity index (χ3n) is 7.12. The van der Waals surface area contributed by atoms with Gasteiger partial charge in [0.1, 0.15) is 12.6 Å². The molecule has 3 aromatic carbocycles. The molecule has 222 valence electrons. The molecule has 0 radical (unpaired) electrons. The van der Waals surface area contributed by atoms with Gasteiger partial charge >= 0.3 is 6.09 Å². The molecule has 1 aliphatic rings. The summed E-state index contributed by atoms with van der Waals surface area (Å²) in [5.41, 5.74) is 0.817. The quantitative estimate of drug-likeness (QED) is 0.245. The fraction of sp³-hybridized carbons (Fsp3) is 0.323. The number of ether oxygens (including phenoxy) is 1. The van der Waals surface area contributed by atoms with Gasteiger partial charge in [-0.25, -0.2) is 13.2 Å². The number of carbonyl (C=O) groups excluding carboxylic acids is 3. The van der Waals surface area contributed by atoms with Crippen LogP contribution < -0.4 is 10.6 Å². The van der Waals surface area contributed by atoms with Crippen molar-refractivity contribution < 1.29 is 27.5 Å². The smallest absolute Gasteiger partial charge is 0.408 e. The number of fused-ring (bicyclic) bond motifs is 1. The van der Waals surface area contributed by atoms with Crippen LogP contribution >= 0.6 is 0 Å². The summed E-state index contributed by atoms with van der Waals surface area (Å²) < 4.78 is 33.8. The van der Waals surface area contributed by atoms with Gasteiger partial charge in [-0.15, -0.1) is 0 Å². The molecule has 0 bridgehead atoms. The van der Waals surface area contributed by atoms with E-state index in [9.17, 15) is 22.8 Å². The molecule has 11 heteroatoms. The summed E-state index contributed by atoms with van der Waals surface area (Å²) in [5, 5.41) is 6.88. The van der Waals surface area contributed by atoms with Crippen molar-refractivity contribution >= 4 is 38.7 Å². The maximum absolute atomic E-state index is 13.5. The Balaban J connectivity index is 1.38. The second-order valence-corrected chi connectivity index (χ2v) is 11.9. The first-order chi connectivity index (χ1) is 20.3. The van der Waals surface area contributed by atoms with E-state index in [1.807, 2.05) is 54.6 Å². The predicted molar refractivity (Wildman–Crippen MR) is 160 cm³/mol. The molecule has 1 heterocycles. The Labute approximate surface area is 246 Å². The zero-order valence-electron chi connectivity index (χ0n) is 23.4. The van der Waals surface area contributed by atoms with Crippen molar-refractivity contribution in [3.8, 4) is 0 Å². The Morgan fingerprint density at radius 2 is 1.60 bits per heavy atom. The first-order valence-electron chi connectivity index (χ1n) is 13.9. The van der Waals surface area contributed by atoms with E-state index in [4.69, 9.17) is 4.74 Å². The molecule has 4 rings (SSSR count). The Kier molecular flexibility index (Phi) is 10.7. The molecule has 10 nitrogen and oxygen atoms in total. The minimum absolute atomic E-state index is 0.0614. The molecule has 0 saturated carbocycles. The van der Waals surface area contributed by atoms with Gasteiger partial charge in [0.25, 0.3) is 0 Å². The van der Waals surface area contributed by atoms with Crippen molar-refractivity contribution in [3.05, 3.63) is 91.0 Å². The molecular weight excluding hydrogens is 556 g/mol. The first-order valence-corrected chi connectivity index (χ1v) is 15.4. The van der Waals surface area contributed by atoms with Gasteiger partial charge in [0.2, 0.25) is 21.8 Å². The number of hydrogen-bond acceptors (Lipinski definition) is 6. The van der Waals surface area contributed by atoms with Gasteiger partial charge in [-0.3, -0.25) is 9.59 Å². The van der Waals surface area contributed by atoms with E-state index >= 15 is 0 Å². The molecule has 1 aliphatic heterocycles. The molecule has 1 atom stereocenters. The molecule has 1 unspecified atom stereocenters. The second-order valence-electron chi connectivity index (χ2n) is 9.96. The number of nitrogens with zero attached hydrogens (tertiary/aromatic N) is 2. The summed E-state index contributed by atoms with van der Waals surface area (Å²) in [4.78, 5) is 39.4. The second kappa shape index (κ2) is 14.6. The molecule has 1 fully saturated rings. The number of nitrogens with one attached hydrogen (secondary N) is 2. The maximum atomic E-state index is 13.5. The van der Waals surface area contributed by atoms with E-state index in [0.717, 1.165) is 10.9 Å². The predicted octanol–water partition coefficient (Wildman–Crippen LogP) is 3.44. The standard InChI is InChI=1S/C31H36N4O6S/c1-2-29(36)32-18-9-8-16-27(33-31(38)41-23-24-11-4-3-5-12-24)30(37)34-19-21-35(22-20-34)42(39,40)28-17-10-14-25-13-6-7-15-26(25)28/h2-7,10-15,17,27H,1,8-9,16,18-23H2,(H,32,36)(H,33,38). The van der Waals surface area contributed by atoms with Gasteiger partial charge in [0, 0.05) is 38.1 Å². The fourth-order valence-electron chi connectivity index (χ4n) is 4.85. The number of alkyl carbamates (subject to hydrolysis) is 1. The van der Waals surface area contributed by atoms with E-state index in [0.29, 0.717) is 31.2 Å². The molecule has 3 amide bonds. The van der Waals surface area contributed by atoms with E-state index in [-0.39, 0.29) is 49.5 Å². The van der Waals surface area contributed by atoms with Crippen molar-refractivity contribution in [2.75, 3.05) is 32.7 Å². The Morgan fingerprint density at radius 1 is 0.905 bits per heavy atom. The Bertz CT molecular complexity index is 1500. The monoisotopic (exact) mass is 592 g/mol. The number of amides is 3. The van der Waals surface area contributed by atoms with Crippen molar-refractivity contribution in [3.63, 3.8) is 0 Å². The van der Waals surface area contributed by atoms with E-state index < -0.39 is 22.2 Å². The van der Waals surface area contributed by atoms with E-state index in [1.54, 1.807) is 23.1 Å². The topological polar surface area (TPSA) is 125 Å². The highest BCUT2D eigenvalue weighted by Gasteiger charge is 2.33. The van der Waals surface area contributed by atoms with Gasteiger partial charge in [0.05, 0.1) is 4.90 Å². The van der Waals surface area contributed by atoms with Gasteiger partial charge in [0.15, 0.2) is 0 Å².